The van der Waals surface area contributed by atoms with E-state index in [2.05, 4.69) is 4.90 Å². The number of carbonyl (C=O) groups excluding carboxylic acids is 1. The van der Waals surface area contributed by atoms with Gasteiger partial charge in [-0.2, -0.15) is 0 Å². The Labute approximate surface area is 205 Å². The van der Waals surface area contributed by atoms with Crippen LogP contribution < -0.4 is 10.5 Å². The van der Waals surface area contributed by atoms with Crippen molar-refractivity contribution in [3.05, 3.63) is 44.7 Å². The predicted octanol–water partition coefficient (Wildman–Crippen LogP) is 0.793. The standard InChI is InChI=1S/C22H25N5O5S2/c1-14-3-2-5-26-18(14)23-19(25-9-7-24(8-10-25)11-12-28)15(20(26)31)13-16-21(32)27(22(33)34-16)6-4-17(29)30/h2-3,5,13,28H,4,6-12H2,1H3,(H,29,30). The number of aryl methyl sites for hydroxylation is 1. The Bertz CT molecular complexity index is 1240. The quantitative estimate of drug-likeness (QED) is 0.415. The number of hydrogen-bond acceptors (Lipinski definition) is 9. The average molecular weight is 504 g/mol. The molecule has 0 aromatic carbocycles. The van der Waals surface area contributed by atoms with E-state index in [0.29, 0.717) is 44.2 Å². The summed E-state index contributed by atoms with van der Waals surface area (Å²) in [5.41, 5.74) is 1.40. The SMILES string of the molecule is Cc1cccn2c(=O)c(C=C3SC(=S)N(CCC(=O)O)C3=O)c(N3CCN(CCO)CC3)nc12. The van der Waals surface area contributed by atoms with Crippen LogP contribution in [-0.4, -0.2) is 91.5 Å². The number of carbonyl (C=O) groups is 2. The van der Waals surface area contributed by atoms with Crippen LogP contribution in [0.15, 0.2) is 28.0 Å². The second-order valence-electron chi connectivity index (χ2n) is 8.07. The number of carboxylic acid groups (broad SMARTS) is 1. The summed E-state index contributed by atoms with van der Waals surface area (Å²) >= 11 is 6.34. The molecule has 0 atom stereocenters. The number of rotatable bonds is 7. The van der Waals surface area contributed by atoms with Crippen LogP contribution in [0.3, 0.4) is 0 Å². The summed E-state index contributed by atoms with van der Waals surface area (Å²) in [5.74, 6) is -0.935. The van der Waals surface area contributed by atoms with E-state index < -0.39 is 11.9 Å². The Balaban J connectivity index is 1.76. The highest BCUT2D eigenvalue weighted by Gasteiger charge is 2.33. The average Bonchev–Trinajstić information content (AvgIpc) is 3.07. The van der Waals surface area contributed by atoms with Crippen LogP contribution in [0.25, 0.3) is 11.7 Å². The lowest BCUT2D eigenvalue weighted by Crippen LogP contribution is -2.48. The zero-order valence-electron chi connectivity index (χ0n) is 18.6. The highest BCUT2D eigenvalue weighted by molar-refractivity contribution is 8.26. The van der Waals surface area contributed by atoms with E-state index >= 15 is 0 Å². The molecule has 2 aromatic rings. The highest BCUT2D eigenvalue weighted by atomic mass is 32.2. The number of hydrogen-bond donors (Lipinski definition) is 2. The first-order valence-electron chi connectivity index (χ1n) is 10.9. The summed E-state index contributed by atoms with van der Waals surface area (Å²) in [6, 6.07) is 3.66. The van der Waals surface area contributed by atoms with E-state index in [1.807, 2.05) is 17.9 Å². The molecule has 2 aliphatic heterocycles. The number of piperazine rings is 1. The monoisotopic (exact) mass is 503 g/mol. The van der Waals surface area contributed by atoms with Gasteiger partial charge in [-0.15, -0.1) is 0 Å². The van der Waals surface area contributed by atoms with Gasteiger partial charge >= 0.3 is 5.97 Å². The van der Waals surface area contributed by atoms with Gasteiger partial charge < -0.3 is 15.1 Å². The third-order valence-electron chi connectivity index (χ3n) is 5.85. The number of thiocarbonyl (C=S) groups is 1. The first kappa shape index (κ1) is 24.3. The Morgan fingerprint density at radius 1 is 1.24 bits per heavy atom. The number of aliphatic hydroxyl groups excluding tert-OH is 1. The fourth-order valence-corrected chi connectivity index (χ4v) is 5.31. The number of β-amino-alcohol motifs (C(OH)–C–C–N with tert-alkyl or cyclic N) is 1. The Kier molecular flexibility index (Phi) is 7.31. The maximum Gasteiger partial charge on any atom is 0.305 e. The first-order valence-corrected chi connectivity index (χ1v) is 12.1. The van der Waals surface area contributed by atoms with Gasteiger partial charge in [0.25, 0.3) is 11.5 Å². The van der Waals surface area contributed by atoms with Crippen molar-refractivity contribution in [1.82, 2.24) is 19.2 Å². The van der Waals surface area contributed by atoms with Gasteiger partial charge in [0.1, 0.15) is 15.8 Å². The normalized spacial score (nSPS) is 18.5. The summed E-state index contributed by atoms with van der Waals surface area (Å²) in [6.07, 6.45) is 2.96. The maximum atomic E-state index is 13.5. The van der Waals surface area contributed by atoms with E-state index in [4.69, 9.17) is 22.3 Å². The van der Waals surface area contributed by atoms with Crippen LogP contribution in [-0.2, 0) is 9.59 Å². The summed E-state index contributed by atoms with van der Waals surface area (Å²) in [4.78, 5) is 48.0. The molecule has 0 unspecified atom stereocenters. The number of aromatic nitrogens is 2. The molecule has 0 bridgehead atoms. The van der Waals surface area contributed by atoms with E-state index in [0.717, 1.165) is 17.3 Å². The van der Waals surface area contributed by atoms with Gasteiger partial charge in [-0.1, -0.05) is 30.0 Å². The molecule has 34 heavy (non-hydrogen) atoms. The van der Waals surface area contributed by atoms with E-state index in [1.165, 1.54) is 15.4 Å². The second kappa shape index (κ2) is 10.2. The fraction of sp³-hybridized carbons (Fsp3) is 0.409. The molecule has 0 saturated carbocycles. The van der Waals surface area contributed by atoms with Crippen molar-refractivity contribution < 1.29 is 19.8 Å². The Hall–Kier alpha value is -2.80. The van der Waals surface area contributed by atoms with Crippen molar-refractivity contribution in [2.24, 2.45) is 0 Å². The minimum absolute atomic E-state index is 0.0227. The molecular weight excluding hydrogens is 478 g/mol. The largest absolute Gasteiger partial charge is 0.481 e. The molecule has 2 aliphatic rings. The summed E-state index contributed by atoms with van der Waals surface area (Å²) in [7, 11) is 0. The lowest BCUT2D eigenvalue weighted by molar-refractivity contribution is -0.137. The van der Waals surface area contributed by atoms with Crippen LogP contribution in [0.5, 0.6) is 0 Å². The molecule has 12 heteroatoms. The van der Waals surface area contributed by atoms with Gasteiger partial charge in [0.15, 0.2) is 0 Å². The fourth-order valence-electron chi connectivity index (χ4n) is 4.02. The number of fused-ring (bicyclic) bond motifs is 1. The van der Waals surface area contributed by atoms with Gasteiger partial charge in [0.2, 0.25) is 0 Å². The molecule has 180 valence electrons. The molecule has 2 aromatic heterocycles. The summed E-state index contributed by atoms with van der Waals surface area (Å²) in [6.45, 7) is 5.21. The zero-order valence-corrected chi connectivity index (χ0v) is 20.3. The molecule has 0 aliphatic carbocycles. The molecule has 0 radical (unpaired) electrons. The van der Waals surface area contributed by atoms with E-state index in [1.54, 1.807) is 12.3 Å². The van der Waals surface area contributed by atoms with Crippen molar-refractivity contribution in [1.29, 1.82) is 0 Å². The van der Waals surface area contributed by atoms with Crippen LogP contribution in [0.4, 0.5) is 5.82 Å². The van der Waals surface area contributed by atoms with Crippen molar-refractivity contribution in [3.63, 3.8) is 0 Å². The maximum absolute atomic E-state index is 13.5. The molecule has 2 saturated heterocycles. The predicted molar refractivity (Wildman–Crippen MR) is 134 cm³/mol. The lowest BCUT2D eigenvalue weighted by Gasteiger charge is -2.35. The Morgan fingerprint density at radius 2 is 1.97 bits per heavy atom. The number of pyridine rings is 1. The molecule has 1 amide bonds. The molecule has 0 spiro atoms. The van der Waals surface area contributed by atoms with E-state index in [-0.39, 0.29) is 39.9 Å². The van der Waals surface area contributed by atoms with Crippen LogP contribution in [0.1, 0.15) is 17.5 Å². The summed E-state index contributed by atoms with van der Waals surface area (Å²) < 4.78 is 1.74. The first-order chi connectivity index (χ1) is 16.3. The van der Waals surface area contributed by atoms with Crippen molar-refractivity contribution in [2.75, 3.05) is 50.8 Å². The minimum atomic E-state index is -1.02. The van der Waals surface area contributed by atoms with Gasteiger partial charge in [0.05, 0.1) is 23.5 Å². The minimum Gasteiger partial charge on any atom is -0.481 e. The number of thioether (sulfide) groups is 1. The molecule has 2 N–H and O–H groups in total. The lowest BCUT2D eigenvalue weighted by atomic mass is 10.2. The number of aliphatic hydroxyl groups is 1. The van der Waals surface area contributed by atoms with Crippen molar-refractivity contribution in [3.8, 4) is 0 Å². The van der Waals surface area contributed by atoms with Gasteiger partial charge in [0, 0.05) is 45.5 Å². The van der Waals surface area contributed by atoms with E-state index in [9.17, 15) is 19.5 Å². The van der Waals surface area contributed by atoms with Crippen molar-refractivity contribution >= 4 is 57.7 Å². The molecule has 4 rings (SSSR count). The number of anilines is 1. The third kappa shape index (κ3) is 4.85. The number of amides is 1. The Morgan fingerprint density at radius 3 is 2.65 bits per heavy atom. The zero-order chi connectivity index (χ0) is 24.4. The smallest absolute Gasteiger partial charge is 0.305 e. The second-order valence-corrected chi connectivity index (χ2v) is 9.74. The van der Waals surface area contributed by atoms with Gasteiger partial charge in [-0.3, -0.25) is 28.6 Å². The molecular formula is C22H25N5O5S2. The molecule has 10 nitrogen and oxygen atoms in total. The number of carboxylic acids is 1. The summed E-state index contributed by atoms with van der Waals surface area (Å²) in [5, 5.41) is 18.2. The van der Waals surface area contributed by atoms with Crippen LogP contribution >= 0.6 is 24.0 Å². The molecule has 2 fully saturated rings. The highest BCUT2D eigenvalue weighted by Crippen LogP contribution is 2.33. The van der Waals surface area contributed by atoms with Gasteiger partial charge in [-0.05, 0) is 24.6 Å². The van der Waals surface area contributed by atoms with Crippen molar-refractivity contribution in [2.45, 2.75) is 13.3 Å². The van der Waals surface area contributed by atoms with Crippen LogP contribution in [0.2, 0.25) is 0 Å². The topological polar surface area (TPSA) is 119 Å². The number of nitrogens with zero attached hydrogens (tertiary/aromatic N) is 5. The molecule has 4 heterocycles. The van der Waals surface area contributed by atoms with Crippen LogP contribution in [0, 0.1) is 6.92 Å². The third-order valence-corrected chi connectivity index (χ3v) is 7.23. The number of aliphatic carboxylic acids is 1. The van der Waals surface area contributed by atoms with Gasteiger partial charge in [-0.25, -0.2) is 4.98 Å².